The number of carbonyl (C=O) groups is 1. The van der Waals surface area contributed by atoms with Crippen molar-refractivity contribution in [3.8, 4) is 0 Å². The second-order valence-electron chi connectivity index (χ2n) is 9.15. The van der Waals surface area contributed by atoms with Gasteiger partial charge < -0.3 is 14.2 Å². The molecule has 0 saturated carbocycles. The quantitative estimate of drug-likeness (QED) is 0.473. The molecule has 1 amide bonds. The van der Waals surface area contributed by atoms with E-state index in [1.54, 1.807) is 24.1 Å². The highest BCUT2D eigenvalue weighted by Crippen LogP contribution is 2.25. The lowest BCUT2D eigenvalue weighted by molar-refractivity contribution is -0.118. The minimum Gasteiger partial charge on any atom is -0.379 e. The number of fused-ring (bicyclic) bond motifs is 1. The number of sulfonamides is 1. The number of benzene rings is 2. The topological polar surface area (TPSA) is 84.7 Å². The first-order valence-corrected chi connectivity index (χ1v) is 13.6. The number of amides is 1. The fourth-order valence-corrected chi connectivity index (χ4v) is 6.02. The number of anilines is 1. The summed E-state index contributed by atoms with van der Waals surface area (Å²) in [4.78, 5) is 19.7. The van der Waals surface area contributed by atoms with Gasteiger partial charge in [0.1, 0.15) is 5.82 Å². The van der Waals surface area contributed by atoms with Gasteiger partial charge in [-0.2, -0.15) is 4.31 Å². The van der Waals surface area contributed by atoms with Crippen LogP contribution in [0.4, 0.5) is 5.69 Å². The maximum Gasteiger partial charge on any atom is 0.243 e. The molecule has 0 aliphatic carbocycles. The number of hydrogen-bond acceptors (Lipinski definition) is 5. The summed E-state index contributed by atoms with van der Waals surface area (Å²) in [6.07, 6.45) is 1.70. The van der Waals surface area contributed by atoms with Gasteiger partial charge in [0.25, 0.3) is 0 Å². The lowest BCUT2D eigenvalue weighted by atomic mass is 10.1. The van der Waals surface area contributed by atoms with Crippen LogP contribution >= 0.6 is 0 Å². The smallest absolute Gasteiger partial charge is 0.243 e. The van der Waals surface area contributed by atoms with Gasteiger partial charge >= 0.3 is 0 Å². The summed E-state index contributed by atoms with van der Waals surface area (Å²) in [5, 5.41) is 0. The van der Waals surface area contributed by atoms with Crippen molar-refractivity contribution in [2.24, 2.45) is 0 Å². The molecule has 0 N–H and O–H groups in total. The molecular formula is C26H34N4O4S. The van der Waals surface area contributed by atoms with Crippen LogP contribution in [0, 0.1) is 13.8 Å². The number of morpholine rings is 1. The first-order valence-electron chi connectivity index (χ1n) is 12.1. The second kappa shape index (κ2) is 10.5. The van der Waals surface area contributed by atoms with Crippen molar-refractivity contribution in [2.45, 2.75) is 51.5 Å². The number of nitrogens with zero attached hydrogens (tertiary/aromatic N) is 4. The summed E-state index contributed by atoms with van der Waals surface area (Å²) >= 11 is 0. The molecule has 3 aromatic rings. The van der Waals surface area contributed by atoms with Gasteiger partial charge in [-0.1, -0.05) is 13.0 Å². The molecule has 0 atom stereocenters. The summed E-state index contributed by atoms with van der Waals surface area (Å²) in [5.74, 6) is 0.811. The zero-order chi connectivity index (χ0) is 25.2. The molecule has 4 rings (SSSR count). The molecule has 8 nitrogen and oxygen atoms in total. The number of ether oxygens (including phenoxy) is 1. The second-order valence-corrected chi connectivity index (χ2v) is 11.1. The van der Waals surface area contributed by atoms with Gasteiger partial charge in [-0.05, 0) is 61.7 Å². The van der Waals surface area contributed by atoms with E-state index < -0.39 is 10.0 Å². The van der Waals surface area contributed by atoms with Crippen molar-refractivity contribution in [3.63, 3.8) is 0 Å². The maximum atomic E-state index is 13.1. The Hall–Kier alpha value is -2.75. The Labute approximate surface area is 207 Å². The van der Waals surface area contributed by atoms with Crippen LogP contribution in [0.15, 0.2) is 41.3 Å². The minimum absolute atomic E-state index is 0.0145. The van der Waals surface area contributed by atoms with E-state index in [0.717, 1.165) is 41.1 Å². The molecule has 1 saturated heterocycles. The first-order chi connectivity index (χ1) is 16.7. The highest BCUT2D eigenvalue weighted by atomic mass is 32.2. The Kier molecular flexibility index (Phi) is 7.59. The van der Waals surface area contributed by atoms with Crippen LogP contribution in [-0.4, -0.2) is 61.5 Å². The molecule has 1 aliphatic heterocycles. The van der Waals surface area contributed by atoms with Gasteiger partial charge in [0.15, 0.2) is 0 Å². The molecule has 188 valence electrons. The van der Waals surface area contributed by atoms with Gasteiger partial charge in [-0.25, -0.2) is 13.4 Å². The molecule has 9 heteroatoms. The number of hydrogen-bond donors (Lipinski definition) is 0. The maximum absolute atomic E-state index is 13.1. The van der Waals surface area contributed by atoms with E-state index in [9.17, 15) is 13.2 Å². The van der Waals surface area contributed by atoms with Crippen molar-refractivity contribution in [1.82, 2.24) is 13.9 Å². The highest BCUT2D eigenvalue weighted by Gasteiger charge is 2.27. The molecule has 0 unspecified atom stereocenters. The lowest BCUT2D eigenvalue weighted by Gasteiger charge is -2.26. The minimum atomic E-state index is -3.60. The van der Waals surface area contributed by atoms with E-state index in [-0.39, 0.29) is 10.8 Å². The molecule has 0 bridgehead atoms. The average molecular weight is 499 g/mol. The van der Waals surface area contributed by atoms with Gasteiger partial charge in [-0.15, -0.1) is 0 Å². The van der Waals surface area contributed by atoms with Crippen LogP contribution in [0.3, 0.4) is 0 Å². The van der Waals surface area contributed by atoms with E-state index in [1.807, 2.05) is 32.0 Å². The van der Waals surface area contributed by atoms with Crippen LogP contribution in [0.1, 0.15) is 36.7 Å². The molecule has 2 heterocycles. The Morgan fingerprint density at radius 1 is 1.09 bits per heavy atom. The van der Waals surface area contributed by atoms with Crippen molar-refractivity contribution < 1.29 is 17.9 Å². The van der Waals surface area contributed by atoms with Crippen molar-refractivity contribution in [3.05, 3.63) is 53.3 Å². The van der Waals surface area contributed by atoms with Crippen molar-refractivity contribution in [2.75, 3.05) is 38.3 Å². The fraction of sp³-hybridized carbons (Fsp3) is 0.462. The molecular weight excluding hydrogens is 464 g/mol. The Balaban J connectivity index is 1.57. The zero-order valence-corrected chi connectivity index (χ0v) is 21.8. The van der Waals surface area contributed by atoms with Gasteiger partial charge in [-0.3, -0.25) is 4.79 Å². The monoisotopic (exact) mass is 498 g/mol. The van der Waals surface area contributed by atoms with Gasteiger partial charge in [0.2, 0.25) is 15.9 Å². The van der Waals surface area contributed by atoms with Crippen LogP contribution in [0.25, 0.3) is 11.0 Å². The number of aryl methyl sites for hydroxylation is 4. The predicted molar refractivity (Wildman–Crippen MR) is 137 cm³/mol. The van der Waals surface area contributed by atoms with E-state index >= 15 is 0 Å². The molecule has 1 fully saturated rings. The molecule has 1 aliphatic rings. The van der Waals surface area contributed by atoms with E-state index in [2.05, 4.69) is 17.6 Å². The Bertz CT molecular complexity index is 1310. The van der Waals surface area contributed by atoms with Crippen LogP contribution in [0.5, 0.6) is 0 Å². The summed E-state index contributed by atoms with van der Waals surface area (Å²) < 4.78 is 35.1. The van der Waals surface area contributed by atoms with E-state index in [1.165, 1.54) is 4.31 Å². The van der Waals surface area contributed by atoms with Crippen molar-refractivity contribution >= 4 is 32.7 Å². The molecule has 0 radical (unpaired) electrons. The van der Waals surface area contributed by atoms with Crippen LogP contribution < -0.4 is 4.90 Å². The summed E-state index contributed by atoms with van der Waals surface area (Å²) in [7, 11) is -1.80. The highest BCUT2D eigenvalue weighted by molar-refractivity contribution is 7.89. The Morgan fingerprint density at radius 3 is 2.43 bits per heavy atom. The molecule has 35 heavy (non-hydrogen) atoms. The summed E-state index contributed by atoms with van der Waals surface area (Å²) in [6.45, 7) is 8.40. The lowest BCUT2D eigenvalue weighted by Crippen LogP contribution is -2.40. The van der Waals surface area contributed by atoms with E-state index in [4.69, 9.17) is 9.72 Å². The number of carbonyl (C=O) groups excluding carboxylic acids is 1. The number of imidazole rings is 1. The average Bonchev–Trinajstić information content (AvgIpc) is 3.19. The third kappa shape index (κ3) is 5.42. The molecule has 1 aromatic heterocycles. The third-order valence-corrected chi connectivity index (χ3v) is 8.28. The first kappa shape index (κ1) is 25.3. The fourth-order valence-electron chi connectivity index (χ4n) is 4.59. The number of rotatable bonds is 8. The standard InChI is InChI=1S/C26H34N4O4S/c1-5-10-30-24-7-6-22(35(32,33)29-11-13-34-14-12-29)18-23(24)27-25(30)8-9-26(31)28(4)21-16-19(2)15-20(3)17-21/h6-7,15-18H,5,8-14H2,1-4H3. The van der Waals surface area contributed by atoms with E-state index in [0.29, 0.717) is 44.7 Å². The summed E-state index contributed by atoms with van der Waals surface area (Å²) in [5.41, 5.74) is 4.64. The zero-order valence-electron chi connectivity index (χ0n) is 21.0. The van der Waals surface area contributed by atoms with Crippen LogP contribution in [0.2, 0.25) is 0 Å². The molecule has 2 aromatic carbocycles. The molecule has 0 spiro atoms. The SMILES string of the molecule is CCCn1c(CCC(=O)N(C)c2cc(C)cc(C)c2)nc2cc(S(=O)(=O)N3CCOCC3)ccc21. The number of aromatic nitrogens is 2. The normalized spacial score (nSPS) is 15.0. The third-order valence-electron chi connectivity index (χ3n) is 6.38. The van der Waals surface area contributed by atoms with Gasteiger partial charge in [0.05, 0.1) is 29.1 Å². The predicted octanol–water partition coefficient (Wildman–Crippen LogP) is 3.68. The summed E-state index contributed by atoms with van der Waals surface area (Å²) in [6, 6.07) is 11.2. The Morgan fingerprint density at radius 2 is 1.77 bits per heavy atom. The van der Waals surface area contributed by atoms with Crippen molar-refractivity contribution in [1.29, 1.82) is 0 Å². The van der Waals surface area contributed by atoms with Gasteiger partial charge in [0, 0.05) is 45.2 Å². The largest absolute Gasteiger partial charge is 0.379 e. The van der Waals surface area contributed by atoms with Crippen LogP contribution in [-0.2, 0) is 32.5 Å².